The number of hydrogen-bond donors (Lipinski definition) is 1. The third-order valence-electron chi connectivity index (χ3n) is 6.41. The number of nitrogens with one attached hydrogen (secondary N) is 1. The zero-order valence-electron chi connectivity index (χ0n) is 19.9. The maximum absolute atomic E-state index is 13.6. The summed E-state index contributed by atoms with van der Waals surface area (Å²) in [7, 11) is 1.63. The molecule has 0 radical (unpaired) electrons. The van der Waals surface area contributed by atoms with E-state index in [4.69, 9.17) is 21.1 Å². The normalized spacial score (nSPS) is 13.1. The Bertz CT molecular complexity index is 1350. The van der Waals surface area contributed by atoms with Crippen LogP contribution in [-0.4, -0.2) is 40.5 Å². The second-order valence-corrected chi connectivity index (χ2v) is 9.32. The molecule has 1 N–H and O–H groups in total. The first-order valence-electron chi connectivity index (χ1n) is 11.8. The lowest BCUT2D eigenvalue weighted by Gasteiger charge is -2.23. The Hall–Kier alpha value is -3.51. The number of carbonyl (C=O) groups is 1. The van der Waals surface area contributed by atoms with Gasteiger partial charge in [-0.1, -0.05) is 23.7 Å². The second kappa shape index (κ2) is 10.0. The highest BCUT2D eigenvalue weighted by Crippen LogP contribution is 2.34. The van der Waals surface area contributed by atoms with E-state index in [1.807, 2.05) is 66.4 Å². The van der Waals surface area contributed by atoms with Gasteiger partial charge in [0.15, 0.2) is 11.5 Å². The van der Waals surface area contributed by atoms with Crippen LogP contribution >= 0.6 is 11.6 Å². The van der Waals surface area contributed by atoms with Crippen molar-refractivity contribution in [1.29, 1.82) is 0 Å². The predicted octanol–water partition coefficient (Wildman–Crippen LogP) is 5.96. The van der Waals surface area contributed by atoms with Crippen LogP contribution in [0.15, 0.2) is 60.8 Å². The van der Waals surface area contributed by atoms with Crippen LogP contribution in [0.4, 0.5) is 0 Å². The molecule has 2 aromatic heterocycles. The predicted molar refractivity (Wildman–Crippen MR) is 137 cm³/mol. The van der Waals surface area contributed by atoms with Crippen molar-refractivity contribution in [2.75, 3.05) is 13.7 Å². The first-order valence-corrected chi connectivity index (χ1v) is 12.2. The lowest BCUT2D eigenvalue weighted by atomic mass is 10.1. The molecule has 1 saturated carbocycles. The van der Waals surface area contributed by atoms with Crippen LogP contribution in [-0.2, 0) is 13.0 Å². The van der Waals surface area contributed by atoms with E-state index in [-0.39, 0.29) is 11.9 Å². The number of carbonyl (C=O) groups excluding carboxylic acids is 1. The van der Waals surface area contributed by atoms with Gasteiger partial charge in [-0.2, -0.15) is 0 Å². The molecule has 2 heterocycles. The molecule has 0 unspecified atom stereocenters. The minimum Gasteiger partial charge on any atom is -0.493 e. The Labute approximate surface area is 209 Å². The fraction of sp³-hybridized carbons (Fsp3) is 0.286. The summed E-state index contributed by atoms with van der Waals surface area (Å²) in [6.45, 7) is 2.95. The highest BCUT2D eigenvalue weighted by Gasteiger charge is 2.34. The summed E-state index contributed by atoms with van der Waals surface area (Å²) in [5, 5.41) is 1.64. The summed E-state index contributed by atoms with van der Waals surface area (Å²) in [6.07, 6.45) is 4.51. The Balaban J connectivity index is 1.35. The van der Waals surface area contributed by atoms with Crippen LogP contribution < -0.4 is 9.47 Å². The standard InChI is InChI=1S/C28H28ClN3O3/c1-18-23-16-20(29)7-10-24(23)31-27(18)28(33)32(22-8-9-22)17-19-6-11-25(34-2)26(15-19)35-14-12-21-5-3-4-13-30-21/h3-7,10-11,13,15-16,22,31H,8-9,12,14,17H2,1-2H3. The van der Waals surface area contributed by atoms with Crippen molar-refractivity contribution in [3.8, 4) is 11.5 Å². The Morgan fingerprint density at radius 3 is 2.74 bits per heavy atom. The van der Waals surface area contributed by atoms with Gasteiger partial charge in [0.25, 0.3) is 5.91 Å². The van der Waals surface area contributed by atoms with Crippen LogP contribution in [0.1, 0.15) is 40.2 Å². The number of methoxy groups -OCH3 is 1. The van der Waals surface area contributed by atoms with Gasteiger partial charge in [0, 0.05) is 46.8 Å². The average Bonchev–Trinajstić information content (AvgIpc) is 3.67. The largest absolute Gasteiger partial charge is 0.493 e. The highest BCUT2D eigenvalue weighted by atomic mass is 35.5. The molecule has 4 aromatic rings. The van der Waals surface area contributed by atoms with Gasteiger partial charge in [0.2, 0.25) is 0 Å². The number of rotatable bonds is 9. The number of nitrogens with zero attached hydrogens (tertiary/aromatic N) is 2. The molecule has 1 fully saturated rings. The molecule has 6 nitrogen and oxygen atoms in total. The number of aryl methyl sites for hydroxylation is 1. The molecule has 0 spiro atoms. The van der Waals surface area contributed by atoms with E-state index in [2.05, 4.69) is 9.97 Å². The molecule has 2 aromatic carbocycles. The van der Waals surface area contributed by atoms with Gasteiger partial charge in [-0.25, -0.2) is 0 Å². The van der Waals surface area contributed by atoms with Crippen molar-refractivity contribution in [1.82, 2.24) is 14.9 Å². The lowest BCUT2D eigenvalue weighted by molar-refractivity contribution is 0.0724. The minimum absolute atomic E-state index is 0.00533. The fourth-order valence-electron chi connectivity index (χ4n) is 4.35. The van der Waals surface area contributed by atoms with Crippen LogP contribution in [0.25, 0.3) is 10.9 Å². The van der Waals surface area contributed by atoms with Crippen molar-refractivity contribution >= 4 is 28.4 Å². The van der Waals surface area contributed by atoms with Crippen LogP contribution in [0, 0.1) is 6.92 Å². The summed E-state index contributed by atoms with van der Waals surface area (Å²) in [4.78, 5) is 23.3. The van der Waals surface area contributed by atoms with Crippen LogP contribution in [0.2, 0.25) is 5.02 Å². The number of ether oxygens (including phenoxy) is 2. The number of pyridine rings is 1. The molecule has 0 bridgehead atoms. The minimum atomic E-state index is 0.00533. The van der Waals surface area contributed by atoms with Crippen molar-refractivity contribution in [3.05, 3.63) is 88.3 Å². The number of hydrogen-bond acceptors (Lipinski definition) is 4. The van der Waals surface area contributed by atoms with E-state index in [0.29, 0.717) is 41.8 Å². The Kier molecular flexibility index (Phi) is 6.64. The van der Waals surface area contributed by atoms with Crippen molar-refractivity contribution in [2.24, 2.45) is 0 Å². The molecule has 0 atom stereocenters. The summed E-state index contributed by atoms with van der Waals surface area (Å²) >= 11 is 6.19. The van der Waals surface area contributed by atoms with Crippen molar-refractivity contribution in [2.45, 2.75) is 38.8 Å². The van der Waals surface area contributed by atoms with Gasteiger partial charge >= 0.3 is 0 Å². The fourth-order valence-corrected chi connectivity index (χ4v) is 4.52. The molecular weight excluding hydrogens is 462 g/mol. The van der Waals surface area contributed by atoms with Gasteiger partial charge < -0.3 is 19.4 Å². The molecular formula is C28H28ClN3O3. The number of fused-ring (bicyclic) bond motifs is 1. The quantitative estimate of drug-likeness (QED) is 0.315. The second-order valence-electron chi connectivity index (χ2n) is 8.88. The first-order chi connectivity index (χ1) is 17.0. The number of amides is 1. The van der Waals surface area contributed by atoms with Gasteiger partial charge in [0.1, 0.15) is 5.69 Å². The number of aromatic amines is 1. The topological polar surface area (TPSA) is 67.5 Å². The van der Waals surface area contributed by atoms with E-state index in [9.17, 15) is 4.79 Å². The number of benzene rings is 2. The lowest BCUT2D eigenvalue weighted by Crippen LogP contribution is -2.33. The Morgan fingerprint density at radius 2 is 2.00 bits per heavy atom. The zero-order chi connectivity index (χ0) is 24.4. The van der Waals surface area contributed by atoms with Gasteiger partial charge in [-0.15, -0.1) is 0 Å². The van der Waals surface area contributed by atoms with Gasteiger partial charge in [0.05, 0.1) is 13.7 Å². The van der Waals surface area contributed by atoms with Gasteiger partial charge in [-0.3, -0.25) is 9.78 Å². The maximum atomic E-state index is 13.6. The zero-order valence-corrected chi connectivity index (χ0v) is 20.6. The molecule has 1 aliphatic rings. The summed E-state index contributed by atoms with van der Waals surface area (Å²) in [6, 6.07) is 17.6. The third-order valence-corrected chi connectivity index (χ3v) is 6.64. The monoisotopic (exact) mass is 489 g/mol. The highest BCUT2D eigenvalue weighted by molar-refractivity contribution is 6.31. The van der Waals surface area contributed by atoms with Crippen LogP contribution in [0.3, 0.4) is 0 Å². The van der Waals surface area contributed by atoms with Crippen molar-refractivity contribution in [3.63, 3.8) is 0 Å². The molecule has 7 heteroatoms. The maximum Gasteiger partial charge on any atom is 0.271 e. The summed E-state index contributed by atoms with van der Waals surface area (Å²) < 4.78 is 11.6. The van der Waals surface area contributed by atoms with E-state index in [1.165, 1.54) is 0 Å². The third kappa shape index (κ3) is 5.13. The van der Waals surface area contributed by atoms with E-state index < -0.39 is 0 Å². The molecule has 0 aliphatic heterocycles. The molecule has 5 rings (SSSR count). The number of aromatic nitrogens is 2. The molecule has 0 saturated heterocycles. The van der Waals surface area contributed by atoms with Gasteiger partial charge in [-0.05, 0) is 73.4 Å². The summed E-state index contributed by atoms with van der Waals surface area (Å²) in [5.74, 6) is 1.34. The molecule has 1 amide bonds. The molecule has 35 heavy (non-hydrogen) atoms. The Morgan fingerprint density at radius 1 is 1.14 bits per heavy atom. The van der Waals surface area contributed by atoms with Crippen LogP contribution in [0.5, 0.6) is 11.5 Å². The summed E-state index contributed by atoms with van der Waals surface area (Å²) in [5.41, 5.74) is 4.43. The molecule has 1 aliphatic carbocycles. The molecule has 180 valence electrons. The number of H-pyrrole nitrogens is 1. The average molecular weight is 490 g/mol. The smallest absolute Gasteiger partial charge is 0.271 e. The van der Waals surface area contributed by atoms with E-state index in [0.717, 1.165) is 40.6 Å². The van der Waals surface area contributed by atoms with Crippen molar-refractivity contribution < 1.29 is 14.3 Å². The first kappa shape index (κ1) is 23.2. The van der Waals surface area contributed by atoms with E-state index in [1.54, 1.807) is 13.3 Å². The van der Waals surface area contributed by atoms with E-state index >= 15 is 0 Å². The SMILES string of the molecule is COc1ccc(CN(C(=O)c2[nH]c3ccc(Cl)cc3c2C)C2CC2)cc1OCCc1ccccn1. The number of halogens is 1.